The van der Waals surface area contributed by atoms with Crippen LogP contribution in [0.25, 0.3) is 0 Å². The van der Waals surface area contributed by atoms with Crippen LogP contribution in [0.3, 0.4) is 0 Å². The molecule has 0 aromatic heterocycles. The van der Waals surface area contributed by atoms with Crippen molar-refractivity contribution in [2.45, 2.75) is 12.8 Å². The average molecular weight is 253 g/mol. The van der Waals surface area contributed by atoms with Gasteiger partial charge in [0, 0.05) is 23.1 Å². The third-order valence-corrected chi connectivity index (χ3v) is 3.01. The molecule has 1 saturated heterocycles. The van der Waals surface area contributed by atoms with E-state index in [0.717, 1.165) is 23.1 Å². The standard InChI is InChI=1S/C11H13BrN2/c12-10-5-3-4-9(8-10)11(13)14-6-1-2-7-14/h3-5,8,13H,1-2,6-7H2. The highest BCUT2D eigenvalue weighted by Crippen LogP contribution is 2.16. The monoisotopic (exact) mass is 252 g/mol. The van der Waals surface area contributed by atoms with Gasteiger partial charge in [-0.25, -0.2) is 0 Å². The number of rotatable bonds is 1. The number of nitrogens with zero attached hydrogens (tertiary/aromatic N) is 1. The van der Waals surface area contributed by atoms with Crippen molar-refractivity contribution in [2.24, 2.45) is 0 Å². The molecule has 0 amide bonds. The second kappa shape index (κ2) is 4.13. The van der Waals surface area contributed by atoms with Gasteiger partial charge in [0.15, 0.2) is 0 Å². The van der Waals surface area contributed by atoms with Gasteiger partial charge in [-0.15, -0.1) is 0 Å². The van der Waals surface area contributed by atoms with Gasteiger partial charge in [0.05, 0.1) is 0 Å². The summed E-state index contributed by atoms with van der Waals surface area (Å²) in [6, 6.07) is 7.96. The Bertz CT molecular complexity index is 343. The number of nitrogens with one attached hydrogen (secondary N) is 1. The molecule has 0 atom stereocenters. The van der Waals surface area contributed by atoms with E-state index in [4.69, 9.17) is 5.41 Å². The molecule has 1 aromatic carbocycles. The lowest BCUT2D eigenvalue weighted by atomic mass is 10.2. The summed E-state index contributed by atoms with van der Waals surface area (Å²) in [6.45, 7) is 2.07. The Kier molecular flexibility index (Phi) is 2.87. The minimum atomic E-state index is 0.656. The lowest BCUT2D eigenvalue weighted by Crippen LogP contribution is -2.27. The molecule has 0 unspecified atom stereocenters. The van der Waals surface area contributed by atoms with Crippen LogP contribution < -0.4 is 0 Å². The second-order valence-corrected chi connectivity index (χ2v) is 4.47. The van der Waals surface area contributed by atoms with Crippen LogP contribution in [0.15, 0.2) is 28.7 Å². The smallest absolute Gasteiger partial charge is 0.128 e. The fourth-order valence-corrected chi connectivity index (χ4v) is 2.16. The van der Waals surface area contributed by atoms with Gasteiger partial charge in [0.1, 0.15) is 5.84 Å². The fourth-order valence-electron chi connectivity index (χ4n) is 1.76. The van der Waals surface area contributed by atoms with E-state index < -0.39 is 0 Å². The largest absolute Gasteiger partial charge is 0.357 e. The highest BCUT2D eigenvalue weighted by Gasteiger charge is 2.15. The van der Waals surface area contributed by atoms with Crippen molar-refractivity contribution in [3.05, 3.63) is 34.3 Å². The first kappa shape index (κ1) is 9.71. The zero-order chi connectivity index (χ0) is 9.97. The van der Waals surface area contributed by atoms with Crippen LogP contribution in [-0.4, -0.2) is 23.8 Å². The molecule has 1 aliphatic rings. The summed E-state index contributed by atoms with van der Waals surface area (Å²) in [5.41, 5.74) is 1.00. The van der Waals surface area contributed by atoms with Gasteiger partial charge in [-0.05, 0) is 25.0 Å². The predicted molar refractivity (Wildman–Crippen MR) is 61.8 cm³/mol. The van der Waals surface area contributed by atoms with Crippen molar-refractivity contribution in [1.29, 1.82) is 5.41 Å². The Morgan fingerprint density at radius 3 is 2.64 bits per heavy atom. The van der Waals surface area contributed by atoms with Gasteiger partial charge in [-0.2, -0.15) is 0 Å². The predicted octanol–water partition coefficient (Wildman–Crippen LogP) is 2.87. The molecule has 14 heavy (non-hydrogen) atoms. The molecule has 0 saturated carbocycles. The maximum Gasteiger partial charge on any atom is 0.128 e. The van der Waals surface area contributed by atoms with Gasteiger partial charge < -0.3 is 4.90 Å². The minimum absolute atomic E-state index is 0.656. The van der Waals surface area contributed by atoms with E-state index >= 15 is 0 Å². The zero-order valence-electron chi connectivity index (χ0n) is 7.96. The third-order valence-electron chi connectivity index (χ3n) is 2.52. The lowest BCUT2D eigenvalue weighted by molar-refractivity contribution is 0.517. The normalized spacial score (nSPS) is 15.9. The third kappa shape index (κ3) is 1.98. The highest BCUT2D eigenvalue weighted by molar-refractivity contribution is 9.10. The number of amidine groups is 1. The van der Waals surface area contributed by atoms with Crippen LogP contribution in [0, 0.1) is 5.41 Å². The van der Waals surface area contributed by atoms with Crippen molar-refractivity contribution in [1.82, 2.24) is 4.90 Å². The highest BCUT2D eigenvalue weighted by atomic mass is 79.9. The molecule has 0 aliphatic carbocycles. The summed E-state index contributed by atoms with van der Waals surface area (Å²) in [5, 5.41) is 8.03. The van der Waals surface area contributed by atoms with Gasteiger partial charge in [-0.3, -0.25) is 5.41 Å². The lowest BCUT2D eigenvalue weighted by Gasteiger charge is -2.18. The van der Waals surface area contributed by atoms with Gasteiger partial charge in [0.2, 0.25) is 0 Å². The number of halogens is 1. The molecule has 1 aromatic rings. The van der Waals surface area contributed by atoms with Crippen molar-refractivity contribution in [2.75, 3.05) is 13.1 Å². The summed E-state index contributed by atoms with van der Waals surface area (Å²) in [5.74, 6) is 0.656. The van der Waals surface area contributed by atoms with E-state index in [1.165, 1.54) is 12.8 Å². The molecule has 74 valence electrons. The molecule has 0 radical (unpaired) electrons. The molecule has 1 N–H and O–H groups in total. The first-order valence-electron chi connectivity index (χ1n) is 4.87. The van der Waals surface area contributed by atoms with E-state index in [2.05, 4.69) is 20.8 Å². The summed E-state index contributed by atoms with van der Waals surface area (Å²) in [4.78, 5) is 2.14. The molecule has 0 spiro atoms. The van der Waals surface area contributed by atoms with Crippen molar-refractivity contribution < 1.29 is 0 Å². The molecular formula is C11H13BrN2. The molecule has 2 rings (SSSR count). The number of likely N-dealkylation sites (tertiary alicyclic amines) is 1. The number of hydrogen-bond donors (Lipinski definition) is 1. The van der Waals surface area contributed by atoms with Crippen molar-refractivity contribution in [3.8, 4) is 0 Å². The molecule has 1 aliphatic heterocycles. The van der Waals surface area contributed by atoms with Crippen LogP contribution in [0.1, 0.15) is 18.4 Å². The van der Waals surface area contributed by atoms with E-state index in [1.807, 2.05) is 24.3 Å². The first-order valence-corrected chi connectivity index (χ1v) is 5.66. The second-order valence-electron chi connectivity index (χ2n) is 3.55. The van der Waals surface area contributed by atoms with E-state index in [-0.39, 0.29) is 0 Å². The van der Waals surface area contributed by atoms with Crippen molar-refractivity contribution in [3.63, 3.8) is 0 Å². The Labute approximate surface area is 92.6 Å². The van der Waals surface area contributed by atoms with Gasteiger partial charge in [-0.1, -0.05) is 28.1 Å². The molecular weight excluding hydrogens is 240 g/mol. The minimum Gasteiger partial charge on any atom is -0.357 e. The molecule has 1 heterocycles. The molecule has 2 nitrogen and oxygen atoms in total. The van der Waals surface area contributed by atoms with Crippen molar-refractivity contribution >= 4 is 21.8 Å². The number of benzene rings is 1. The first-order chi connectivity index (χ1) is 6.77. The average Bonchev–Trinajstić information content (AvgIpc) is 2.69. The Morgan fingerprint density at radius 2 is 2.00 bits per heavy atom. The van der Waals surface area contributed by atoms with E-state index in [1.54, 1.807) is 0 Å². The van der Waals surface area contributed by atoms with Crippen LogP contribution in [0.2, 0.25) is 0 Å². The molecule has 1 fully saturated rings. The summed E-state index contributed by atoms with van der Waals surface area (Å²) in [6.07, 6.45) is 2.44. The summed E-state index contributed by atoms with van der Waals surface area (Å²) >= 11 is 3.42. The van der Waals surface area contributed by atoms with E-state index in [0.29, 0.717) is 5.84 Å². The zero-order valence-corrected chi connectivity index (χ0v) is 9.55. The maximum atomic E-state index is 8.03. The fraction of sp³-hybridized carbons (Fsp3) is 0.364. The van der Waals surface area contributed by atoms with Crippen LogP contribution in [0.5, 0.6) is 0 Å². The van der Waals surface area contributed by atoms with Crippen LogP contribution in [0.4, 0.5) is 0 Å². The SMILES string of the molecule is N=C(c1cccc(Br)c1)N1CCCC1. The maximum absolute atomic E-state index is 8.03. The van der Waals surface area contributed by atoms with Crippen LogP contribution in [-0.2, 0) is 0 Å². The number of hydrogen-bond acceptors (Lipinski definition) is 1. The molecule has 3 heteroatoms. The van der Waals surface area contributed by atoms with E-state index in [9.17, 15) is 0 Å². The van der Waals surface area contributed by atoms with Crippen LogP contribution >= 0.6 is 15.9 Å². The Hall–Kier alpha value is -0.830. The quantitative estimate of drug-likeness (QED) is 0.604. The summed E-state index contributed by atoms with van der Waals surface area (Å²) in [7, 11) is 0. The summed E-state index contributed by atoms with van der Waals surface area (Å²) < 4.78 is 1.04. The Balaban J connectivity index is 2.17. The topological polar surface area (TPSA) is 27.1 Å². The van der Waals surface area contributed by atoms with Gasteiger partial charge >= 0.3 is 0 Å². The van der Waals surface area contributed by atoms with Gasteiger partial charge in [0.25, 0.3) is 0 Å². The molecule has 0 bridgehead atoms. The Morgan fingerprint density at radius 1 is 1.29 bits per heavy atom.